The molecule has 1 amide bonds. The van der Waals surface area contributed by atoms with E-state index in [0.29, 0.717) is 6.54 Å². The van der Waals surface area contributed by atoms with Gasteiger partial charge >= 0.3 is 0 Å². The fourth-order valence-corrected chi connectivity index (χ4v) is 2.41. The van der Waals surface area contributed by atoms with Crippen LogP contribution in [-0.2, 0) is 13.0 Å². The zero-order valence-corrected chi connectivity index (χ0v) is 11.3. The highest BCUT2D eigenvalue weighted by atomic mass is 16.1. The number of anilines is 1. The number of aryl methyl sites for hydroxylation is 1. The summed E-state index contributed by atoms with van der Waals surface area (Å²) in [4.78, 5) is 12.0. The van der Waals surface area contributed by atoms with Crippen molar-refractivity contribution in [3.8, 4) is 0 Å². The number of hydrogen-bond acceptors (Lipinski definition) is 3. The van der Waals surface area contributed by atoms with Crippen molar-refractivity contribution >= 4 is 11.6 Å². The highest BCUT2D eigenvalue weighted by Crippen LogP contribution is 2.23. The maximum atomic E-state index is 12.0. The van der Waals surface area contributed by atoms with Crippen LogP contribution in [0.1, 0.15) is 22.3 Å². The van der Waals surface area contributed by atoms with Crippen molar-refractivity contribution in [3.63, 3.8) is 0 Å². The van der Waals surface area contributed by atoms with E-state index in [1.807, 2.05) is 35.1 Å². The summed E-state index contributed by atoms with van der Waals surface area (Å²) in [7, 11) is 0. The van der Waals surface area contributed by atoms with E-state index in [-0.39, 0.29) is 5.91 Å². The minimum Gasteiger partial charge on any atom is -0.384 e. The van der Waals surface area contributed by atoms with Crippen LogP contribution in [0.4, 0.5) is 5.69 Å². The van der Waals surface area contributed by atoms with Gasteiger partial charge < -0.3 is 10.6 Å². The van der Waals surface area contributed by atoms with Gasteiger partial charge in [0.1, 0.15) is 0 Å². The Morgan fingerprint density at radius 2 is 2.40 bits per heavy atom. The lowest BCUT2D eigenvalue weighted by atomic mass is 10.1. The average Bonchev–Trinajstić information content (AvgIpc) is 3.13. The smallest absolute Gasteiger partial charge is 0.251 e. The number of aromatic nitrogens is 2. The third-order valence-corrected chi connectivity index (χ3v) is 3.49. The van der Waals surface area contributed by atoms with Gasteiger partial charge in [-0.1, -0.05) is 6.07 Å². The first-order chi connectivity index (χ1) is 9.83. The zero-order chi connectivity index (χ0) is 13.8. The molecule has 2 aromatic rings. The minimum atomic E-state index is -0.0121. The van der Waals surface area contributed by atoms with Crippen LogP contribution in [0.3, 0.4) is 0 Å². The minimum absolute atomic E-state index is 0.0121. The Hall–Kier alpha value is -2.30. The van der Waals surface area contributed by atoms with E-state index in [4.69, 9.17) is 0 Å². The lowest BCUT2D eigenvalue weighted by Crippen LogP contribution is -2.25. The fraction of sp³-hybridized carbons (Fsp3) is 0.333. The van der Waals surface area contributed by atoms with Crippen molar-refractivity contribution in [2.24, 2.45) is 0 Å². The van der Waals surface area contributed by atoms with Gasteiger partial charge in [0.25, 0.3) is 5.91 Å². The second-order valence-electron chi connectivity index (χ2n) is 4.93. The van der Waals surface area contributed by atoms with Crippen molar-refractivity contribution in [1.29, 1.82) is 0 Å². The van der Waals surface area contributed by atoms with Gasteiger partial charge in [-0.25, -0.2) is 0 Å². The Bertz CT molecular complexity index is 592. The third-order valence-electron chi connectivity index (χ3n) is 3.49. The van der Waals surface area contributed by atoms with Crippen molar-refractivity contribution in [1.82, 2.24) is 15.1 Å². The number of amides is 1. The topological polar surface area (TPSA) is 59.0 Å². The third kappa shape index (κ3) is 2.82. The van der Waals surface area contributed by atoms with Gasteiger partial charge in [-0.2, -0.15) is 5.10 Å². The quantitative estimate of drug-likeness (QED) is 0.813. The Kier molecular flexibility index (Phi) is 3.67. The van der Waals surface area contributed by atoms with Crippen LogP contribution in [0.25, 0.3) is 0 Å². The van der Waals surface area contributed by atoms with Crippen molar-refractivity contribution in [3.05, 3.63) is 47.8 Å². The molecular weight excluding hydrogens is 252 g/mol. The maximum absolute atomic E-state index is 12.0. The van der Waals surface area contributed by atoms with E-state index >= 15 is 0 Å². The molecule has 0 spiro atoms. The molecule has 0 bridgehead atoms. The van der Waals surface area contributed by atoms with E-state index in [2.05, 4.69) is 15.7 Å². The summed E-state index contributed by atoms with van der Waals surface area (Å²) in [5.74, 6) is -0.0121. The van der Waals surface area contributed by atoms with E-state index < -0.39 is 0 Å². The summed E-state index contributed by atoms with van der Waals surface area (Å²) in [5, 5.41) is 10.4. The molecule has 3 rings (SSSR count). The number of carbonyl (C=O) groups excluding carboxylic acids is 1. The predicted octanol–water partition coefficient (Wildman–Crippen LogP) is 1.67. The van der Waals surface area contributed by atoms with Gasteiger partial charge in [-0.15, -0.1) is 0 Å². The van der Waals surface area contributed by atoms with Crippen molar-refractivity contribution < 1.29 is 4.79 Å². The van der Waals surface area contributed by atoms with Gasteiger partial charge in [-0.3, -0.25) is 9.48 Å². The van der Waals surface area contributed by atoms with Crippen LogP contribution in [-0.4, -0.2) is 28.8 Å². The van der Waals surface area contributed by atoms with Crippen LogP contribution < -0.4 is 10.6 Å². The SMILES string of the molecule is O=C(NCCCn1cccn1)c1ccc2c(c1)NCC2. The molecule has 2 heterocycles. The normalized spacial score (nSPS) is 12.8. The molecule has 1 aliphatic rings. The molecule has 104 valence electrons. The summed E-state index contributed by atoms with van der Waals surface area (Å²) in [6, 6.07) is 7.77. The van der Waals surface area contributed by atoms with Crippen LogP contribution >= 0.6 is 0 Å². The van der Waals surface area contributed by atoms with Gasteiger partial charge in [0, 0.05) is 43.3 Å². The van der Waals surface area contributed by atoms with Gasteiger partial charge in [0.15, 0.2) is 0 Å². The summed E-state index contributed by atoms with van der Waals surface area (Å²) in [6.45, 7) is 2.44. The number of benzene rings is 1. The van der Waals surface area contributed by atoms with E-state index in [1.54, 1.807) is 6.20 Å². The second-order valence-corrected chi connectivity index (χ2v) is 4.93. The maximum Gasteiger partial charge on any atom is 0.251 e. The summed E-state index contributed by atoms with van der Waals surface area (Å²) in [5.41, 5.74) is 3.10. The molecule has 0 saturated carbocycles. The number of carbonyl (C=O) groups is 1. The first-order valence-corrected chi connectivity index (χ1v) is 6.95. The first kappa shape index (κ1) is 12.7. The molecular formula is C15H18N4O. The molecule has 0 aliphatic carbocycles. The number of fused-ring (bicyclic) bond motifs is 1. The fourth-order valence-electron chi connectivity index (χ4n) is 2.41. The standard InChI is InChI=1S/C15H18N4O/c20-15(17-6-1-9-19-10-2-7-18-19)13-4-3-12-5-8-16-14(12)11-13/h2-4,7,10-11,16H,1,5-6,8-9H2,(H,17,20). The molecule has 0 fully saturated rings. The van der Waals surface area contributed by atoms with E-state index in [9.17, 15) is 4.79 Å². The molecule has 0 saturated heterocycles. The zero-order valence-electron chi connectivity index (χ0n) is 11.3. The highest BCUT2D eigenvalue weighted by molar-refractivity contribution is 5.95. The van der Waals surface area contributed by atoms with Crippen LogP contribution in [0.2, 0.25) is 0 Å². The molecule has 5 nitrogen and oxygen atoms in total. The number of nitrogens with one attached hydrogen (secondary N) is 2. The molecule has 0 radical (unpaired) electrons. The van der Waals surface area contributed by atoms with Crippen LogP contribution in [0, 0.1) is 0 Å². The number of rotatable bonds is 5. The number of nitrogens with zero attached hydrogens (tertiary/aromatic N) is 2. The van der Waals surface area contributed by atoms with Gasteiger partial charge in [0.05, 0.1) is 0 Å². The summed E-state index contributed by atoms with van der Waals surface area (Å²) < 4.78 is 1.87. The lowest BCUT2D eigenvalue weighted by Gasteiger charge is -2.07. The molecule has 5 heteroatoms. The van der Waals surface area contributed by atoms with Gasteiger partial charge in [0.2, 0.25) is 0 Å². The molecule has 20 heavy (non-hydrogen) atoms. The lowest BCUT2D eigenvalue weighted by molar-refractivity contribution is 0.0952. The monoisotopic (exact) mass is 270 g/mol. The highest BCUT2D eigenvalue weighted by Gasteiger charge is 2.12. The van der Waals surface area contributed by atoms with Crippen molar-refractivity contribution in [2.75, 3.05) is 18.4 Å². The summed E-state index contributed by atoms with van der Waals surface area (Å²) >= 11 is 0. The Balaban J connectivity index is 1.49. The Morgan fingerprint density at radius 1 is 1.45 bits per heavy atom. The molecule has 0 atom stereocenters. The predicted molar refractivity (Wildman–Crippen MR) is 77.8 cm³/mol. The molecule has 2 N–H and O–H groups in total. The second kappa shape index (κ2) is 5.77. The van der Waals surface area contributed by atoms with Crippen molar-refractivity contribution in [2.45, 2.75) is 19.4 Å². The van der Waals surface area contributed by atoms with Crippen LogP contribution in [0.5, 0.6) is 0 Å². The van der Waals surface area contributed by atoms with E-state index in [0.717, 1.165) is 37.2 Å². The van der Waals surface area contributed by atoms with Gasteiger partial charge in [-0.05, 0) is 36.6 Å². The summed E-state index contributed by atoms with van der Waals surface area (Å²) in [6.07, 6.45) is 5.60. The van der Waals surface area contributed by atoms with E-state index in [1.165, 1.54) is 5.56 Å². The van der Waals surface area contributed by atoms with Crippen LogP contribution in [0.15, 0.2) is 36.7 Å². The largest absolute Gasteiger partial charge is 0.384 e. The first-order valence-electron chi connectivity index (χ1n) is 6.95. The number of hydrogen-bond donors (Lipinski definition) is 2. The molecule has 1 aromatic carbocycles. The molecule has 1 aliphatic heterocycles. The average molecular weight is 270 g/mol. The molecule has 0 unspecified atom stereocenters. The Labute approximate surface area is 118 Å². The Morgan fingerprint density at radius 3 is 3.25 bits per heavy atom. The molecule has 1 aromatic heterocycles.